The molecule has 0 saturated heterocycles. The second kappa shape index (κ2) is 6.13. The molecule has 0 spiro atoms. The number of benzene rings is 2. The lowest BCUT2D eigenvalue weighted by Crippen LogP contribution is -1.95. The summed E-state index contributed by atoms with van der Waals surface area (Å²) < 4.78 is 5.25. The monoisotopic (exact) mass is 293 g/mol. The van der Waals surface area contributed by atoms with Crippen molar-refractivity contribution in [3.05, 3.63) is 60.9 Å². The van der Waals surface area contributed by atoms with Crippen LogP contribution in [0.2, 0.25) is 0 Å². The molecule has 0 aliphatic carbocycles. The van der Waals surface area contributed by atoms with Gasteiger partial charge >= 0.3 is 0 Å². The van der Waals surface area contributed by atoms with Gasteiger partial charge in [-0.1, -0.05) is 24.3 Å². The van der Waals surface area contributed by atoms with Crippen molar-refractivity contribution in [3.63, 3.8) is 0 Å². The van der Waals surface area contributed by atoms with Gasteiger partial charge in [-0.25, -0.2) is 9.97 Å². The zero-order chi connectivity index (χ0) is 15.4. The molecular weight excluding hydrogens is 278 g/mol. The number of aromatic hydroxyl groups is 1. The third kappa shape index (κ3) is 2.98. The highest BCUT2D eigenvalue weighted by Crippen LogP contribution is 2.28. The van der Waals surface area contributed by atoms with Crippen LogP contribution in [0.3, 0.4) is 0 Å². The van der Waals surface area contributed by atoms with Crippen molar-refractivity contribution < 1.29 is 9.84 Å². The largest absolute Gasteiger partial charge is 0.497 e. The van der Waals surface area contributed by atoms with Gasteiger partial charge in [0.15, 0.2) is 5.82 Å². The van der Waals surface area contributed by atoms with Gasteiger partial charge in [-0.05, 0) is 35.4 Å². The van der Waals surface area contributed by atoms with Crippen LogP contribution < -0.4 is 10.1 Å². The molecule has 22 heavy (non-hydrogen) atoms. The molecule has 0 fully saturated rings. The van der Waals surface area contributed by atoms with Gasteiger partial charge in [-0.15, -0.1) is 0 Å². The molecule has 5 heteroatoms. The van der Waals surface area contributed by atoms with Gasteiger partial charge in [0.25, 0.3) is 5.88 Å². The second-order valence-corrected chi connectivity index (χ2v) is 4.67. The first-order valence-electron chi connectivity index (χ1n) is 6.78. The van der Waals surface area contributed by atoms with Crippen LogP contribution in [0.4, 0.5) is 11.5 Å². The van der Waals surface area contributed by atoms with Crippen LogP contribution in [0.15, 0.2) is 60.9 Å². The normalized spacial score (nSPS) is 10.2. The first kappa shape index (κ1) is 13.9. The van der Waals surface area contributed by atoms with Crippen LogP contribution in [0.5, 0.6) is 11.6 Å². The number of aromatic nitrogens is 2. The zero-order valence-corrected chi connectivity index (χ0v) is 12.0. The number of ether oxygens (including phenoxy) is 1. The van der Waals surface area contributed by atoms with Crippen molar-refractivity contribution in [2.45, 2.75) is 0 Å². The molecular formula is C17H15N3O2. The lowest BCUT2D eigenvalue weighted by Gasteiger charge is -2.09. The third-order valence-electron chi connectivity index (χ3n) is 3.21. The molecule has 0 radical (unpaired) electrons. The Bertz CT molecular complexity index is 790. The lowest BCUT2D eigenvalue weighted by molar-refractivity contribution is 0.415. The summed E-state index contributed by atoms with van der Waals surface area (Å²) in [5.41, 5.74) is 2.90. The molecule has 0 bridgehead atoms. The summed E-state index contributed by atoms with van der Waals surface area (Å²) in [5.74, 6) is 1.00. The number of nitrogens with one attached hydrogen (secondary N) is 1. The highest BCUT2D eigenvalue weighted by molar-refractivity contribution is 5.71. The highest BCUT2D eigenvalue weighted by Gasteiger charge is 2.05. The Hall–Kier alpha value is -3.08. The van der Waals surface area contributed by atoms with Crippen LogP contribution in [0, 0.1) is 0 Å². The molecule has 5 nitrogen and oxygen atoms in total. The van der Waals surface area contributed by atoms with Crippen LogP contribution in [-0.4, -0.2) is 22.2 Å². The molecule has 2 aromatic carbocycles. The smallest absolute Gasteiger partial charge is 0.255 e. The number of anilines is 2. The van der Waals surface area contributed by atoms with Gasteiger partial charge in [0.1, 0.15) is 5.75 Å². The quantitative estimate of drug-likeness (QED) is 0.769. The van der Waals surface area contributed by atoms with Gasteiger partial charge in [0.2, 0.25) is 0 Å². The fourth-order valence-electron chi connectivity index (χ4n) is 2.13. The minimum Gasteiger partial charge on any atom is -0.497 e. The fraction of sp³-hybridized carbons (Fsp3) is 0.0588. The van der Waals surface area contributed by atoms with E-state index < -0.39 is 0 Å². The van der Waals surface area contributed by atoms with E-state index in [0.29, 0.717) is 5.82 Å². The second-order valence-electron chi connectivity index (χ2n) is 4.67. The number of nitrogens with zero attached hydrogens (tertiary/aromatic N) is 2. The SMILES string of the molecule is COc1cccc(-c2cccc(Nc3nccnc3O)c2)c1. The highest BCUT2D eigenvalue weighted by atomic mass is 16.5. The maximum absolute atomic E-state index is 9.67. The number of methoxy groups -OCH3 is 1. The molecule has 0 unspecified atom stereocenters. The minimum atomic E-state index is -0.130. The molecule has 0 aliphatic rings. The maximum atomic E-state index is 9.67. The van der Waals surface area contributed by atoms with Crippen LogP contribution in [0.25, 0.3) is 11.1 Å². The lowest BCUT2D eigenvalue weighted by atomic mass is 10.0. The number of rotatable bonds is 4. The molecule has 2 N–H and O–H groups in total. The Morgan fingerprint density at radius 1 is 0.955 bits per heavy atom. The predicted octanol–water partition coefficient (Wildman–Crippen LogP) is 3.60. The van der Waals surface area contributed by atoms with Crippen LogP contribution in [0.1, 0.15) is 0 Å². The standard InChI is InChI=1S/C17H15N3O2/c1-22-15-7-3-5-13(11-15)12-4-2-6-14(10-12)20-16-17(21)19-9-8-18-16/h2-11H,1H3,(H,18,20)(H,19,21). The minimum absolute atomic E-state index is 0.130. The molecule has 1 heterocycles. The summed E-state index contributed by atoms with van der Waals surface area (Å²) in [6.07, 6.45) is 2.96. The van der Waals surface area contributed by atoms with E-state index in [1.165, 1.54) is 12.4 Å². The van der Waals surface area contributed by atoms with Crippen LogP contribution >= 0.6 is 0 Å². The summed E-state index contributed by atoms with van der Waals surface area (Å²) in [6.45, 7) is 0. The van der Waals surface area contributed by atoms with E-state index in [1.807, 2.05) is 48.5 Å². The Morgan fingerprint density at radius 3 is 2.45 bits per heavy atom. The van der Waals surface area contributed by atoms with Gasteiger partial charge in [-0.3, -0.25) is 0 Å². The molecule has 0 aliphatic heterocycles. The van der Waals surface area contributed by atoms with E-state index in [0.717, 1.165) is 22.6 Å². The third-order valence-corrected chi connectivity index (χ3v) is 3.21. The molecule has 1 aromatic heterocycles. The van der Waals surface area contributed by atoms with Gasteiger partial charge in [0.05, 0.1) is 7.11 Å². The summed E-state index contributed by atoms with van der Waals surface area (Å²) in [7, 11) is 1.65. The van der Waals surface area contributed by atoms with Gasteiger partial charge in [-0.2, -0.15) is 0 Å². The molecule has 0 saturated carbocycles. The van der Waals surface area contributed by atoms with E-state index in [2.05, 4.69) is 15.3 Å². The average molecular weight is 293 g/mol. The van der Waals surface area contributed by atoms with Gasteiger partial charge in [0, 0.05) is 18.1 Å². The van der Waals surface area contributed by atoms with Crippen molar-refractivity contribution in [2.75, 3.05) is 12.4 Å². The first-order valence-corrected chi connectivity index (χ1v) is 6.78. The topological polar surface area (TPSA) is 67.3 Å². The Labute approximate surface area is 128 Å². The van der Waals surface area contributed by atoms with Crippen molar-refractivity contribution >= 4 is 11.5 Å². The van der Waals surface area contributed by atoms with E-state index >= 15 is 0 Å². The number of hydrogen-bond donors (Lipinski definition) is 2. The van der Waals surface area contributed by atoms with Crippen molar-refractivity contribution in [1.29, 1.82) is 0 Å². The fourth-order valence-corrected chi connectivity index (χ4v) is 2.13. The Balaban J connectivity index is 1.91. The molecule has 110 valence electrons. The van der Waals surface area contributed by atoms with E-state index in [4.69, 9.17) is 4.74 Å². The number of hydrogen-bond acceptors (Lipinski definition) is 5. The molecule has 0 atom stereocenters. The summed E-state index contributed by atoms with van der Waals surface area (Å²) >= 11 is 0. The van der Waals surface area contributed by atoms with E-state index in [9.17, 15) is 5.11 Å². The van der Waals surface area contributed by atoms with Crippen molar-refractivity contribution in [2.24, 2.45) is 0 Å². The Morgan fingerprint density at radius 2 is 1.68 bits per heavy atom. The van der Waals surface area contributed by atoms with Gasteiger partial charge < -0.3 is 15.2 Å². The predicted molar refractivity (Wildman–Crippen MR) is 85.4 cm³/mol. The average Bonchev–Trinajstić information content (AvgIpc) is 2.57. The van der Waals surface area contributed by atoms with Crippen molar-refractivity contribution in [1.82, 2.24) is 9.97 Å². The molecule has 0 amide bonds. The van der Waals surface area contributed by atoms with Crippen LogP contribution in [-0.2, 0) is 0 Å². The van der Waals surface area contributed by atoms with Crippen molar-refractivity contribution in [3.8, 4) is 22.8 Å². The zero-order valence-electron chi connectivity index (χ0n) is 12.0. The Kier molecular flexibility index (Phi) is 3.87. The first-order chi connectivity index (χ1) is 10.8. The molecule has 3 aromatic rings. The van der Waals surface area contributed by atoms with E-state index in [-0.39, 0.29) is 5.88 Å². The van der Waals surface area contributed by atoms with E-state index in [1.54, 1.807) is 7.11 Å². The summed E-state index contributed by atoms with van der Waals surface area (Å²) in [6, 6.07) is 15.7. The molecule has 3 rings (SSSR count). The summed E-state index contributed by atoms with van der Waals surface area (Å²) in [5, 5.41) is 12.7. The maximum Gasteiger partial charge on any atom is 0.255 e. The summed E-state index contributed by atoms with van der Waals surface area (Å²) in [4.78, 5) is 7.85.